The van der Waals surface area contributed by atoms with E-state index in [0.29, 0.717) is 17.7 Å². The van der Waals surface area contributed by atoms with E-state index in [0.717, 1.165) is 28.8 Å². The monoisotopic (exact) mass is 450 g/mol. The third kappa shape index (κ3) is 3.75. The predicted octanol–water partition coefficient (Wildman–Crippen LogP) is 4.30. The van der Waals surface area contributed by atoms with E-state index in [1.807, 2.05) is 61.5 Å². The molecule has 0 fully saturated rings. The quantitative estimate of drug-likeness (QED) is 0.465. The fourth-order valence-corrected chi connectivity index (χ4v) is 4.33. The lowest BCUT2D eigenvalue weighted by Gasteiger charge is -2.22. The zero-order valence-corrected chi connectivity index (χ0v) is 18.5. The number of para-hydroxylation sites is 1. The van der Waals surface area contributed by atoms with Crippen LogP contribution in [0.3, 0.4) is 0 Å². The molecular formula is C25H22N8O. The van der Waals surface area contributed by atoms with Crippen LogP contribution in [0, 0.1) is 11.3 Å². The maximum Gasteiger partial charge on any atom is 0.263 e. The lowest BCUT2D eigenvalue weighted by molar-refractivity contribution is 0.742. The molecule has 2 unspecified atom stereocenters. The molecule has 2 aromatic heterocycles. The number of aromatic nitrogens is 3. The molecular weight excluding hydrogens is 428 g/mol. The molecule has 0 radical (unpaired) electrons. The fourth-order valence-electron chi connectivity index (χ4n) is 4.33. The average Bonchev–Trinajstić information content (AvgIpc) is 3.39. The summed E-state index contributed by atoms with van der Waals surface area (Å²) in [6.45, 7) is 2.57. The van der Waals surface area contributed by atoms with Crippen molar-refractivity contribution in [3.05, 3.63) is 88.0 Å². The molecule has 0 aliphatic carbocycles. The molecule has 0 saturated heterocycles. The van der Waals surface area contributed by atoms with Crippen molar-refractivity contribution in [1.82, 2.24) is 14.5 Å². The number of fused-ring (bicyclic) bond motifs is 1. The second-order valence-corrected chi connectivity index (χ2v) is 8.11. The Morgan fingerprint density at radius 1 is 1.21 bits per heavy atom. The van der Waals surface area contributed by atoms with Crippen molar-refractivity contribution in [1.29, 1.82) is 5.26 Å². The fraction of sp³-hybridized carbons (Fsp3) is 0.200. The molecule has 0 bridgehead atoms. The van der Waals surface area contributed by atoms with Gasteiger partial charge in [0.15, 0.2) is 0 Å². The molecule has 1 aliphatic rings. The molecule has 0 saturated carbocycles. The summed E-state index contributed by atoms with van der Waals surface area (Å²) in [4.78, 5) is 22.1. The van der Waals surface area contributed by atoms with E-state index in [1.54, 1.807) is 4.57 Å². The largest absolute Gasteiger partial charge is 0.368 e. The highest BCUT2D eigenvalue weighted by molar-refractivity contribution is 5.86. The highest BCUT2D eigenvalue weighted by atomic mass is 16.1. The van der Waals surface area contributed by atoms with E-state index in [1.165, 1.54) is 6.20 Å². The minimum absolute atomic E-state index is 0.0584. The van der Waals surface area contributed by atoms with Crippen molar-refractivity contribution in [3.63, 3.8) is 0 Å². The molecule has 2 atom stereocenters. The normalized spacial score (nSPS) is 15.8. The van der Waals surface area contributed by atoms with E-state index in [9.17, 15) is 10.1 Å². The highest BCUT2D eigenvalue weighted by Gasteiger charge is 2.23. The van der Waals surface area contributed by atoms with Gasteiger partial charge in [-0.05, 0) is 42.5 Å². The van der Waals surface area contributed by atoms with Crippen LogP contribution in [0.2, 0.25) is 0 Å². The summed E-state index contributed by atoms with van der Waals surface area (Å²) >= 11 is 0. The molecule has 0 spiro atoms. The average molecular weight is 451 g/mol. The van der Waals surface area contributed by atoms with Gasteiger partial charge in [-0.3, -0.25) is 9.36 Å². The smallest absolute Gasteiger partial charge is 0.263 e. The zero-order valence-electron chi connectivity index (χ0n) is 18.5. The number of anilines is 2. The van der Waals surface area contributed by atoms with Gasteiger partial charge in [-0.2, -0.15) is 20.5 Å². The van der Waals surface area contributed by atoms with Crippen molar-refractivity contribution in [2.24, 2.45) is 10.2 Å². The van der Waals surface area contributed by atoms with E-state index < -0.39 is 0 Å². The van der Waals surface area contributed by atoms with Crippen molar-refractivity contribution in [2.75, 3.05) is 17.6 Å². The number of pyridine rings is 1. The molecule has 2 aromatic carbocycles. The third-order valence-electron chi connectivity index (χ3n) is 5.93. The van der Waals surface area contributed by atoms with Crippen LogP contribution >= 0.6 is 0 Å². The molecule has 0 amide bonds. The van der Waals surface area contributed by atoms with Crippen LogP contribution in [-0.4, -0.2) is 21.1 Å². The summed E-state index contributed by atoms with van der Waals surface area (Å²) in [6.07, 6.45) is 2.17. The maximum atomic E-state index is 14.0. The first kappa shape index (κ1) is 21.3. The lowest BCUT2D eigenvalue weighted by atomic mass is 9.97. The van der Waals surface area contributed by atoms with Crippen molar-refractivity contribution in [3.8, 4) is 11.8 Å². The van der Waals surface area contributed by atoms with Gasteiger partial charge in [-0.15, -0.1) is 0 Å². The van der Waals surface area contributed by atoms with Gasteiger partial charge in [0.25, 0.3) is 5.56 Å². The van der Waals surface area contributed by atoms with Crippen LogP contribution in [0.1, 0.15) is 42.2 Å². The molecule has 3 N–H and O–H groups in total. The molecule has 4 aromatic rings. The number of nitrogens with zero attached hydrogens (tertiary/aromatic N) is 6. The topological polar surface area (TPSA) is 134 Å². The van der Waals surface area contributed by atoms with Gasteiger partial charge in [0.05, 0.1) is 30.2 Å². The van der Waals surface area contributed by atoms with Crippen LogP contribution in [0.4, 0.5) is 11.8 Å². The second-order valence-electron chi connectivity index (χ2n) is 8.11. The number of nitrogen functional groups attached to an aromatic ring is 1. The Morgan fingerprint density at radius 2 is 2.03 bits per heavy atom. The summed E-state index contributed by atoms with van der Waals surface area (Å²) in [5.74, 6) is 0.373. The van der Waals surface area contributed by atoms with E-state index in [-0.39, 0.29) is 29.2 Å². The Kier molecular flexibility index (Phi) is 5.47. The first-order valence-corrected chi connectivity index (χ1v) is 11.0. The number of hydrogen-bond acceptors (Lipinski definition) is 8. The Labute approximate surface area is 195 Å². The van der Waals surface area contributed by atoms with Crippen LogP contribution in [-0.2, 0) is 0 Å². The summed E-state index contributed by atoms with van der Waals surface area (Å²) < 4.78 is 1.70. The Morgan fingerprint density at radius 3 is 2.76 bits per heavy atom. The summed E-state index contributed by atoms with van der Waals surface area (Å²) in [7, 11) is 0. The summed E-state index contributed by atoms with van der Waals surface area (Å²) in [5.41, 5.74) is 8.23. The van der Waals surface area contributed by atoms with Gasteiger partial charge < -0.3 is 11.1 Å². The van der Waals surface area contributed by atoms with Gasteiger partial charge >= 0.3 is 0 Å². The van der Waals surface area contributed by atoms with E-state index in [2.05, 4.69) is 31.6 Å². The molecule has 1 aliphatic heterocycles. The van der Waals surface area contributed by atoms with Crippen LogP contribution in [0.15, 0.2) is 75.8 Å². The predicted molar refractivity (Wildman–Crippen MR) is 130 cm³/mol. The standard InChI is InChI=1S/C25H22N8O/c1-15(30-23-17(13-26)14-28-25(27)31-23)21-12-16-6-5-9-19(20-10-11-29-32-20)22(16)24(34)33(21)18-7-3-2-4-8-18/h2-9,12,14-15,20H,10-11H2,1H3,(H3,27,28,30,31). The number of benzene rings is 2. The third-order valence-corrected chi connectivity index (χ3v) is 5.93. The van der Waals surface area contributed by atoms with Crippen molar-refractivity contribution >= 4 is 22.5 Å². The molecule has 34 heavy (non-hydrogen) atoms. The first-order chi connectivity index (χ1) is 16.6. The molecule has 168 valence electrons. The molecule has 5 rings (SSSR count). The summed E-state index contributed by atoms with van der Waals surface area (Å²) in [6, 6.07) is 18.9. The van der Waals surface area contributed by atoms with Crippen LogP contribution < -0.4 is 16.6 Å². The van der Waals surface area contributed by atoms with Crippen LogP contribution in [0.5, 0.6) is 0 Å². The lowest BCUT2D eigenvalue weighted by Crippen LogP contribution is -2.26. The van der Waals surface area contributed by atoms with Gasteiger partial charge in [0.2, 0.25) is 5.95 Å². The van der Waals surface area contributed by atoms with Gasteiger partial charge in [0.1, 0.15) is 17.5 Å². The zero-order chi connectivity index (χ0) is 23.7. The molecule has 3 heterocycles. The minimum atomic E-state index is -0.381. The number of nitrogens with one attached hydrogen (secondary N) is 1. The highest BCUT2D eigenvalue weighted by Crippen LogP contribution is 2.32. The SMILES string of the molecule is CC(Nc1nc(N)ncc1C#N)c1cc2cccc(C3CCN=N3)c2c(=O)n1-c1ccccc1. The Hall–Kier alpha value is -4.58. The van der Waals surface area contributed by atoms with E-state index >= 15 is 0 Å². The second kappa shape index (κ2) is 8.75. The maximum absolute atomic E-state index is 14.0. The Bertz CT molecular complexity index is 1500. The number of nitrogens with two attached hydrogens (primary N) is 1. The minimum Gasteiger partial charge on any atom is -0.368 e. The number of hydrogen-bond donors (Lipinski definition) is 2. The molecule has 9 heteroatoms. The summed E-state index contributed by atoms with van der Waals surface area (Å²) in [5, 5.41) is 22.6. The number of rotatable bonds is 5. The van der Waals surface area contributed by atoms with Crippen LogP contribution in [0.25, 0.3) is 16.5 Å². The van der Waals surface area contributed by atoms with Crippen molar-refractivity contribution in [2.45, 2.75) is 25.4 Å². The Balaban J connectivity index is 1.72. The van der Waals surface area contributed by atoms with Gasteiger partial charge in [-0.1, -0.05) is 36.4 Å². The number of nitriles is 1. The first-order valence-electron chi connectivity index (χ1n) is 11.0. The molecule has 9 nitrogen and oxygen atoms in total. The van der Waals surface area contributed by atoms with Gasteiger partial charge in [-0.25, -0.2) is 4.98 Å². The van der Waals surface area contributed by atoms with Crippen molar-refractivity contribution < 1.29 is 0 Å². The number of azo groups is 1. The van der Waals surface area contributed by atoms with E-state index in [4.69, 9.17) is 5.73 Å². The van der Waals surface area contributed by atoms with Gasteiger partial charge in [0, 0.05) is 11.4 Å².